The molecule has 0 bridgehead atoms. The van der Waals surface area contributed by atoms with E-state index in [-0.39, 0.29) is 7.92 Å². The zero-order chi connectivity index (χ0) is 18.2. The second-order valence-electron chi connectivity index (χ2n) is 7.45. The van der Waals surface area contributed by atoms with Gasteiger partial charge >= 0.3 is 0 Å². The van der Waals surface area contributed by atoms with Crippen molar-refractivity contribution in [2.45, 2.75) is 39.2 Å². The quantitative estimate of drug-likeness (QED) is 0.395. The number of hydrogen-bond acceptors (Lipinski definition) is 1. The van der Waals surface area contributed by atoms with Crippen molar-refractivity contribution in [3.05, 3.63) is 60.7 Å². The number of likely N-dealkylation sites (tertiary alicyclic amines) is 1. The van der Waals surface area contributed by atoms with E-state index >= 15 is 0 Å². The van der Waals surface area contributed by atoms with E-state index in [1.165, 1.54) is 43.0 Å². The molecule has 2 nitrogen and oxygen atoms in total. The molecule has 1 atom stereocenters. The average Bonchev–Trinajstić information content (AvgIpc) is 2.70. The molecule has 0 unspecified atom stereocenters. The van der Waals surface area contributed by atoms with Crippen LogP contribution < -0.4 is 10.6 Å². The summed E-state index contributed by atoms with van der Waals surface area (Å²) in [6.45, 7) is 6.95. The van der Waals surface area contributed by atoms with Gasteiger partial charge in [0.05, 0.1) is 12.4 Å². The molecule has 1 fully saturated rings. The fourth-order valence-corrected chi connectivity index (χ4v) is 6.08. The molecule has 0 spiro atoms. The maximum Gasteiger partial charge on any atom is 0.0853 e. The lowest BCUT2D eigenvalue weighted by atomic mass is 10.1. The van der Waals surface area contributed by atoms with Gasteiger partial charge in [-0.2, -0.15) is 0 Å². The number of hydrogen-bond donors (Lipinski definition) is 0. The monoisotopic (exact) mass is 366 g/mol. The van der Waals surface area contributed by atoms with Crippen LogP contribution in [0.15, 0.2) is 65.7 Å². The Bertz CT molecular complexity index is 624. The lowest BCUT2D eigenvalue weighted by Gasteiger charge is -2.27. The van der Waals surface area contributed by atoms with Gasteiger partial charge < -0.3 is 4.90 Å². The van der Waals surface area contributed by atoms with Crippen LogP contribution in [0.25, 0.3) is 0 Å². The molecule has 0 amide bonds. The third kappa shape index (κ3) is 5.42. The molecule has 26 heavy (non-hydrogen) atoms. The van der Waals surface area contributed by atoms with Crippen LogP contribution in [-0.4, -0.2) is 36.5 Å². The predicted octanol–water partition coefficient (Wildman–Crippen LogP) is 4.66. The molecule has 138 valence electrons. The van der Waals surface area contributed by atoms with Gasteiger partial charge in [-0.3, -0.25) is 4.99 Å². The molecule has 3 heteroatoms. The van der Waals surface area contributed by atoms with Crippen molar-refractivity contribution in [3.63, 3.8) is 0 Å². The second-order valence-corrected chi connectivity index (χ2v) is 9.71. The van der Waals surface area contributed by atoms with Crippen molar-refractivity contribution in [2.75, 3.05) is 19.3 Å². The summed E-state index contributed by atoms with van der Waals surface area (Å²) in [6, 6.07) is 22.4. The highest BCUT2D eigenvalue weighted by molar-refractivity contribution is 7.73. The second kappa shape index (κ2) is 9.88. The number of rotatable bonds is 7. The zero-order valence-electron chi connectivity index (χ0n) is 16.1. The molecule has 1 aliphatic heterocycles. The first-order valence-corrected chi connectivity index (χ1v) is 11.4. The maximum absolute atomic E-state index is 5.05. The van der Waals surface area contributed by atoms with Crippen LogP contribution in [0.1, 0.15) is 33.1 Å². The van der Waals surface area contributed by atoms with E-state index in [0.29, 0.717) is 12.0 Å². The zero-order valence-corrected chi connectivity index (χ0v) is 17.0. The molecule has 0 N–H and O–H groups in total. The number of benzene rings is 2. The number of aliphatic imine (C=N–C) groups is 1. The summed E-state index contributed by atoms with van der Waals surface area (Å²) in [5.74, 6) is 0.550. The molecule has 2 aromatic carbocycles. The molecular weight excluding hydrogens is 335 g/mol. The van der Waals surface area contributed by atoms with Crippen LogP contribution in [0.4, 0.5) is 0 Å². The van der Waals surface area contributed by atoms with E-state index in [9.17, 15) is 0 Å². The van der Waals surface area contributed by atoms with E-state index in [4.69, 9.17) is 4.99 Å². The maximum atomic E-state index is 5.05. The minimum absolute atomic E-state index is 0.364. The van der Waals surface area contributed by atoms with Gasteiger partial charge in [-0.05, 0) is 49.9 Å². The van der Waals surface area contributed by atoms with Gasteiger partial charge in [0.15, 0.2) is 0 Å². The molecule has 0 aliphatic carbocycles. The van der Waals surface area contributed by atoms with Crippen LogP contribution in [-0.2, 0) is 0 Å². The van der Waals surface area contributed by atoms with Gasteiger partial charge in [-0.25, -0.2) is 0 Å². The van der Waals surface area contributed by atoms with Crippen molar-refractivity contribution in [1.29, 1.82) is 0 Å². The van der Waals surface area contributed by atoms with Crippen LogP contribution in [0, 0.1) is 5.92 Å². The molecule has 1 aliphatic rings. The Morgan fingerprint density at radius 3 is 1.92 bits per heavy atom. The normalized spacial score (nSPS) is 16.5. The summed E-state index contributed by atoms with van der Waals surface area (Å²) in [5.41, 5.74) is 0. The molecule has 0 saturated carbocycles. The van der Waals surface area contributed by atoms with E-state index in [0.717, 1.165) is 6.16 Å². The summed E-state index contributed by atoms with van der Waals surface area (Å²) in [6.07, 6.45) is 7.24. The van der Waals surface area contributed by atoms with Crippen molar-refractivity contribution in [2.24, 2.45) is 10.9 Å². The highest BCUT2D eigenvalue weighted by Crippen LogP contribution is 2.36. The summed E-state index contributed by atoms with van der Waals surface area (Å²) in [4.78, 5) is 7.46. The summed E-state index contributed by atoms with van der Waals surface area (Å²) in [7, 11) is -0.384. The smallest absolute Gasteiger partial charge is 0.0853 e. The SMILES string of the molecule is CC(C)[C@@H](CP(c1ccccc1)c1ccccc1)N=CN1CCCCC1. The Morgan fingerprint density at radius 1 is 0.885 bits per heavy atom. The van der Waals surface area contributed by atoms with E-state index < -0.39 is 0 Å². The Morgan fingerprint density at radius 2 is 1.42 bits per heavy atom. The highest BCUT2D eigenvalue weighted by Gasteiger charge is 2.21. The van der Waals surface area contributed by atoms with Gasteiger partial charge in [-0.1, -0.05) is 74.5 Å². The molecule has 2 aromatic rings. The lowest BCUT2D eigenvalue weighted by Crippen LogP contribution is -2.30. The Balaban J connectivity index is 1.79. The van der Waals surface area contributed by atoms with Crippen molar-refractivity contribution < 1.29 is 0 Å². The van der Waals surface area contributed by atoms with Crippen LogP contribution in [0.3, 0.4) is 0 Å². The molecule has 3 rings (SSSR count). The predicted molar refractivity (Wildman–Crippen MR) is 116 cm³/mol. The van der Waals surface area contributed by atoms with Gasteiger partial charge in [-0.15, -0.1) is 0 Å². The first-order valence-electron chi connectivity index (χ1n) is 9.89. The summed E-state index contributed by atoms with van der Waals surface area (Å²) in [5, 5.41) is 2.90. The van der Waals surface area contributed by atoms with Crippen molar-refractivity contribution >= 4 is 24.9 Å². The van der Waals surface area contributed by atoms with Gasteiger partial charge in [0.25, 0.3) is 0 Å². The molecule has 1 heterocycles. The highest BCUT2D eigenvalue weighted by atomic mass is 31.1. The Hall–Kier alpha value is -1.66. The number of nitrogens with zero attached hydrogens (tertiary/aromatic N) is 2. The first-order chi connectivity index (χ1) is 12.7. The molecule has 0 aromatic heterocycles. The Kier molecular flexibility index (Phi) is 7.26. The number of piperidine rings is 1. The van der Waals surface area contributed by atoms with Crippen LogP contribution in [0.5, 0.6) is 0 Å². The van der Waals surface area contributed by atoms with Gasteiger partial charge in [0, 0.05) is 13.1 Å². The minimum Gasteiger partial charge on any atom is -0.363 e. The van der Waals surface area contributed by atoms with Crippen LogP contribution in [0.2, 0.25) is 0 Å². The summed E-state index contributed by atoms with van der Waals surface area (Å²) >= 11 is 0. The van der Waals surface area contributed by atoms with Crippen molar-refractivity contribution in [1.82, 2.24) is 4.90 Å². The standard InChI is InChI=1S/C23H31N2P/c1-20(2)23(24-19-25-16-10-5-11-17-25)18-26(21-12-6-3-7-13-21)22-14-8-4-9-15-22/h3-4,6-9,12-15,19-20,23H,5,10-11,16-18H2,1-2H3/t23-/m1/s1. The summed E-state index contributed by atoms with van der Waals surface area (Å²) < 4.78 is 0. The topological polar surface area (TPSA) is 15.6 Å². The first kappa shape index (κ1) is 19.1. The molecular formula is C23H31N2P. The van der Waals surface area contributed by atoms with Gasteiger partial charge in [0.2, 0.25) is 0 Å². The third-order valence-corrected chi connectivity index (χ3v) is 7.67. The molecule has 1 saturated heterocycles. The minimum atomic E-state index is -0.384. The van der Waals surface area contributed by atoms with E-state index in [1.807, 2.05) is 0 Å². The third-order valence-electron chi connectivity index (χ3n) is 5.09. The molecule has 0 radical (unpaired) electrons. The van der Waals surface area contributed by atoms with Crippen molar-refractivity contribution in [3.8, 4) is 0 Å². The lowest BCUT2D eigenvalue weighted by molar-refractivity contribution is 0.348. The fourth-order valence-electron chi connectivity index (χ4n) is 3.41. The average molecular weight is 366 g/mol. The van der Waals surface area contributed by atoms with E-state index in [2.05, 4.69) is 85.7 Å². The largest absolute Gasteiger partial charge is 0.363 e. The Labute approximate surface area is 160 Å². The van der Waals surface area contributed by atoms with E-state index in [1.54, 1.807) is 0 Å². The van der Waals surface area contributed by atoms with Gasteiger partial charge in [0.1, 0.15) is 0 Å². The fraction of sp³-hybridized carbons (Fsp3) is 0.435. The van der Waals surface area contributed by atoms with Crippen LogP contribution >= 0.6 is 7.92 Å².